The standard InChI is InChI=1S/2C14H26.2C2H6.CH4/c2*1-11(2)13-5-8-14(9-6-13,10-7-13)12(3)4;2*1-2;/h2*11-12H,5-10H2,1-4H3;2*1-2H3;1H4. The molecule has 0 aliphatic heterocycles. The predicted molar refractivity (Wildman–Crippen MR) is 154 cm³/mol. The molecule has 0 aromatic carbocycles. The van der Waals surface area contributed by atoms with Crippen molar-refractivity contribution >= 4 is 0 Å². The topological polar surface area (TPSA) is 0 Å². The summed E-state index contributed by atoms with van der Waals surface area (Å²) < 4.78 is 0. The Labute approximate surface area is 212 Å². The van der Waals surface area contributed by atoms with Gasteiger partial charge in [0.05, 0.1) is 0 Å². The second-order valence-corrected chi connectivity index (χ2v) is 13.1. The van der Waals surface area contributed by atoms with Crippen molar-refractivity contribution in [3.63, 3.8) is 0 Å². The van der Waals surface area contributed by atoms with Gasteiger partial charge in [-0.25, -0.2) is 0 Å². The molecule has 0 aromatic heterocycles. The van der Waals surface area contributed by atoms with Gasteiger partial charge in [-0.3, -0.25) is 0 Å². The molecule has 6 rings (SSSR count). The maximum Gasteiger partial charge on any atom is -0.0274 e. The molecule has 0 radical (unpaired) electrons. The summed E-state index contributed by atoms with van der Waals surface area (Å²) in [6.45, 7) is 27.5. The van der Waals surface area contributed by atoms with Crippen molar-refractivity contribution in [2.75, 3.05) is 0 Å². The number of hydrogen-bond acceptors (Lipinski definition) is 0. The molecule has 0 saturated heterocycles. The Kier molecular flexibility index (Phi) is 13.3. The summed E-state index contributed by atoms with van der Waals surface area (Å²) in [7, 11) is 0. The third-order valence-electron chi connectivity index (χ3n) is 11.6. The van der Waals surface area contributed by atoms with E-state index in [0.29, 0.717) is 0 Å². The maximum absolute atomic E-state index is 2.44. The average molecular weight is 465 g/mol. The van der Waals surface area contributed by atoms with E-state index in [1.807, 2.05) is 27.7 Å². The zero-order valence-electron chi connectivity index (χ0n) is 24.8. The molecule has 0 atom stereocenters. The van der Waals surface area contributed by atoms with E-state index in [4.69, 9.17) is 0 Å². The smallest absolute Gasteiger partial charge is 0.0274 e. The summed E-state index contributed by atoms with van der Waals surface area (Å²) >= 11 is 0. The van der Waals surface area contributed by atoms with Crippen molar-refractivity contribution in [2.24, 2.45) is 45.3 Å². The Bertz CT molecular complexity index is 375. The molecular formula is C33H68. The Hall–Kier alpha value is 0. The van der Waals surface area contributed by atoms with E-state index in [1.165, 1.54) is 77.0 Å². The zero-order chi connectivity index (χ0) is 24.8. The summed E-state index contributed by atoms with van der Waals surface area (Å²) in [4.78, 5) is 0. The van der Waals surface area contributed by atoms with Gasteiger partial charge in [0, 0.05) is 0 Å². The molecule has 0 unspecified atom stereocenters. The van der Waals surface area contributed by atoms with Crippen LogP contribution in [0.25, 0.3) is 0 Å². The minimum atomic E-state index is 0. The highest BCUT2D eigenvalue weighted by Gasteiger charge is 2.51. The first-order valence-electron chi connectivity index (χ1n) is 15.0. The largest absolute Gasteiger partial charge is 0.0776 e. The summed E-state index contributed by atoms with van der Waals surface area (Å²) in [6, 6.07) is 0. The van der Waals surface area contributed by atoms with Crippen molar-refractivity contribution < 1.29 is 0 Å². The van der Waals surface area contributed by atoms with Crippen LogP contribution in [0, 0.1) is 45.3 Å². The van der Waals surface area contributed by atoms with Crippen molar-refractivity contribution in [2.45, 2.75) is 168 Å². The van der Waals surface area contributed by atoms with Crippen molar-refractivity contribution in [1.29, 1.82) is 0 Å². The lowest BCUT2D eigenvalue weighted by Gasteiger charge is -2.57. The highest BCUT2D eigenvalue weighted by molar-refractivity contribution is 5.02. The monoisotopic (exact) mass is 465 g/mol. The van der Waals surface area contributed by atoms with Crippen LogP contribution in [0.4, 0.5) is 0 Å². The Morgan fingerprint density at radius 2 is 0.394 bits per heavy atom. The van der Waals surface area contributed by atoms with Crippen LogP contribution >= 0.6 is 0 Å². The van der Waals surface area contributed by atoms with Gasteiger partial charge in [-0.15, -0.1) is 0 Å². The van der Waals surface area contributed by atoms with E-state index < -0.39 is 0 Å². The zero-order valence-corrected chi connectivity index (χ0v) is 24.8. The number of fused-ring (bicyclic) bond motifs is 6. The molecule has 6 aliphatic rings. The fourth-order valence-corrected chi connectivity index (χ4v) is 7.95. The molecule has 0 heteroatoms. The molecule has 200 valence electrons. The fourth-order valence-electron chi connectivity index (χ4n) is 7.95. The van der Waals surface area contributed by atoms with E-state index in [9.17, 15) is 0 Å². The van der Waals surface area contributed by atoms with Crippen LogP contribution in [0.1, 0.15) is 168 Å². The predicted octanol–water partition coefficient (Wildman–Crippen LogP) is 12.0. The van der Waals surface area contributed by atoms with Crippen LogP contribution in [0.15, 0.2) is 0 Å². The molecule has 0 nitrogen and oxygen atoms in total. The van der Waals surface area contributed by atoms with Gasteiger partial charge < -0.3 is 0 Å². The van der Waals surface area contributed by atoms with E-state index >= 15 is 0 Å². The molecule has 6 fully saturated rings. The molecule has 6 saturated carbocycles. The fraction of sp³-hybridized carbons (Fsp3) is 1.00. The first-order valence-corrected chi connectivity index (χ1v) is 15.0. The Balaban J connectivity index is 0.000000526. The Morgan fingerprint density at radius 1 is 0.303 bits per heavy atom. The number of hydrogen-bond donors (Lipinski definition) is 0. The summed E-state index contributed by atoms with van der Waals surface area (Å²) in [5, 5.41) is 0. The first kappa shape index (κ1) is 33.0. The SMILES string of the molecule is C.CC.CC.CC(C)C12CCC(C(C)C)(CC1)CC2.CC(C)C12CCC(C(C)C)(CC1)CC2. The highest BCUT2D eigenvalue weighted by Crippen LogP contribution is 2.63. The molecule has 4 bridgehead atoms. The lowest BCUT2D eigenvalue weighted by Crippen LogP contribution is -2.46. The average Bonchev–Trinajstić information content (AvgIpc) is 2.84. The molecule has 0 spiro atoms. The van der Waals surface area contributed by atoms with E-state index in [-0.39, 0.29) is 7.43 Å². The van der Waals surface area contributed by atoms with Gasteiger partial charge in [-0.1, -0.05) is 90.5 Å². The van der Waals surface area contributed by atoms with Crippen molar-refractivity contribution in [3.8, 4) is 0 Å². The molecular weight excluding hydrogens is 396 g/mol. The number of rotatable bonds is 4. The van der Waals surface area contributed by atoms with E-state index in [2.05, 4.69) is 55.4 Å². The van der Waals surface area contributed by atoms with Crippen LogP contribution in [0.2, 0.25) is 0 Å². The van der Waals surface area contributed by atoms with Crippen LogP contribution in [0.3, 0.4) is 0 Å². The second kappa shape index (κ2) is 13.3. The van der Waals surface area contributed by atoms with Crippen LogP contribution in [-0.4, -0.2) is 0 Å². The lowest BCUT2D eigenvalue weighted by atomic mass is 9.48. The molecule has 6 aliphatic carbocycles. The third-order valence-corrected chi connectivity index (χ3v) is 11.6. The van der Waals surface area contributed by atoms with E-state index in [1.54, 1.807) is 0 Å². The quantitative estimate of drug-likeness (QED) is 0.388. The van der Waals surface area contributed by atoms with Gasteiger partial charge in [0.1, 0.15) is 0 Å². The van der Waals surface area contributed by atoms with Gasteiger partial charge in [0.15, 0.2) is 0 Å². The van der Waals surface area contributed by atoms with Gasteiger partial charge in [0.25, 0.3) is 0 Å². The van der Waals surface area contributed by atoms with Gasteiger partial charge in [-0.2, -0.15) is 0 Å². The third kappa shape index (κ3) is 6.61. The Morgan fingerprint density at radius 3 is 0.455 bits per heavy atom. The van der Waals surface area contributed by atoms with Gasteiger partial charge in [0.2, 0.25) is 0 Å². The summed E-state index contributed by atoms with van der Waals surface area (Å²) in [5.41, 5.74) is 2.99. The second-order valence-electron chi connectivity index (χ2n) is 13.1. The van der Waals surface area contributed by atoms with Crippen molar-refractivity contribution in [1.82, 2.24) is 0 Å². The molecule has 0 heterocycles. The first-order chi connectivity index (χ1) is 15.0. The minimum Gasteiger partial charge on any atom is -0.0776 e. The summed E-state index contributed by atoms with van der Waals surface area (Å²) in [6.07, 6.45) is 18.2. The van der Waals surface area contributed by atoms with Crippen LogP contribution in [0.5, 0.6) is 0 Å². The highest BCUT2D eigenvalue weighted by atomic mass is 14.6. The van der Waals surface area contributed by atoms with Gasteiger partial charge >= 0.3 is 0 Å². The van der Waals surface area contributed by atoms with Gasteiger partial charge in [-0.05, 0) is 122 Å². The van der Waals surface area contributed by atoms with Crippen LogP contribution < -0.4 is 0 Å². The molecule has 0 N–H and O–H groups in total. The van der Waals surface area contributed by atoms with Crippen LogP contribution in [-0.2, 0) is 0 Å². The molecule has 0 aromatic rings. The maximum atomic E-state index is 2.44. The minimum absolute atomic E-state index is 0. The lowest BCUT2D eigenvalue weighted by molar-refractivity contribution is -0.0623. The normalized spacial score (nSPS) is 36.4. The van der Waals surface area contributed by atoms with Crippen molar-refractivity contribution in [3.05, 3.63) is 0 Å². The molecule has 33 heavy (non-hydrogen) atoms. The van der Waals surface area contributed by atoms with E-state index in [0.717, 1.165) is 45.3 Å². The molecule has 0 amide bonds. The summed E-state index contributed by atoms with van der Waals surface area (Å²) in [5.74, 6) is 3.64.